The Morgan fingerprint density at radius 2 is 1.84 bits per heavy atom. The first-order valence-corrected chi connectivity index (χ1v) is 10.5. The molecule has 4 aromatic heterocycles. The van der Waals surface area contributed by atoms with Crippen molar-refractivity contribution in [2.75, 3.05) is 0 Å². The highest BCUT2D eigenvalue weighted by atomic mass is 15.1. The van der Waals surface area contributed by atoms with Crippen LogP contribution >= 0.6 is 0 Å². The Labute approximate surface area is 184 Å². The Hall–Kier alpha value is -4.26. The molecule has 0 aliphatic heterocycles. The predicted octanol–water partition coefficient (Wildman–Crippen LogP) is 5.28. The molecule has 0 spiro atoms. The van der Waals surface area contributed by atoms with E-state index < -0.39 is 0 Å². The van der Waals surface area contributed by atoms with Crippen LogP contribution in [0.5, 0.6) is 0 Å². The number of aromatic nitrogens is 7. The molecule has 6 rings (SSSR count). The number of hydrogen-bond donors (Lipinski definition) is 2. The van der Waals surface area contributed by atoms with Crippen LogP contribution in [0.3, 0.4) is 0 Å². The van der Waals surface area contributed by atoms with Gasteiger partial charge >= 0.3 is 0 Å². The molecule has 0 fully saturated rings. The summed E-state index contributed by atoms with van der Waals surface area (Å²) in [6.45, 7) is 6.18. The number of para-hydroxylation sites is 1. The summed E-state index contributed by atoms with van der Waals surface area (Å²) >= 11 is 0. The molecule has 7 heteroatoms. The molecule has 4 heterocycles. The van der Waals surface area contributed by atoms with Gasteiger partial charge in [-0.05, 0) is 50.6 Å². The molecule has 2 N–H and O–H groups in total. The van der Waals surface area contributed by atoms with Crippen LogP contribution in [-0.4, -0.2) is 34.7 Å². The third kappa shape index (κ3) is 2.90. The third-order valence-corrected chi connectivity index (χ3v) is 5.82. The summed E-state index contributed by atoms with van der Waals surface area (Å²) in [6.07, 6.45) is 5.64. The van der Waals surface area contributed by atoms with E-state index in [-0.39, 0.29) is 0 Å². The van der Waals surface area contributed by atoms with Gasteiger partial charge in [-0.3, -0.25) is 10.1 Å². The van der Waals surface area contributed by atoms with Crippen LogP contribution in [0.25, 0.3) is 50.4 Å². The Morgan fingerprint density at radius 3 is 2.69 bits per heavy atom. The SMILES string of the molecule is Cc1ccc(C)c(-c2cc3c(-c4nc5c(-n6cnc(C)c6)cccc5[nH]4)n[nH]c3cn2)c1. The van der Waals surface area contributed by atoms with Crippen LogP contribution in [0.1, 0.15) is 16.8 Å². The van der Waals surface area contributed by atoms with E-state index in [0.29, 0.717) is 5.82 Å². The van der Waals surface area contributed by atoms with Crippen LogP contribution < -0.4 is 0 Å². The number of aromatic amines is 2. The van der Waals surface area contributed by atoms with Crippen LogP contribution in [0.15, 0.2) is 61.2 Å². The molecule has 6 aromatic rings. The average Bonchev–Trinajstić information content (AvgIpc) is 3.52. The number of H-pyrrole nitrogens is 2. The van der Waals surface area contributed by atoms with E-state index in [0.717, 1.165) is 50.3 Å². The summed E-state index contributed by atoms with van der Waals surface area (Å²) in [4.78, 5) is 17.4. The second-order valence-corrected chi connectivity index (χ2v) is 8.19. The van der Waals surface area contributed by atoms with Gasteiger partial charge in [0.15, 0.2) is 5.82 Å². The highest BCUT2D eigenvalue weighted by Gasteiger charge is 2.16. The van der Waals surface area contributed by atoms with E-state index in [1.165, 1.54) is 11.1 Å². The molecule has 156 valence electrons. The van der Waals surface area contributed by atoms with Crippen molar-refractivity contribution >= 4 is 21.9 Å². The van der Waals surface area contributed by atoms with E-state index in [4.69, 9.17) is 4.98 Å². The molecular weight excluding hydrogens is 398 g/mol. The van der Waals surface area contributed by atoms with Crippen molar-refractivity contribution in [1.82, 2.24) is 34.7 Å². The Morgan fingerprint density at radius 1 is 0.938 bits per heavy atom. The zero-order valence-corrected chi connectivity index (χ0v) is 18.0. The molecule has 7 nitrogen and oxygen atoms in total. The first-order valence-electron chi connectivity index (χ1n) is 10.5. The summed E-state index contributed by atoms with van der Waals surface area (Å²) in [7, 11) is 0. The summed E-state index contributed by atoms with van der Waals surface area (Å²) < 4.78 is 1.99. The number of aryl methyl sites for hydroxylation is 3. The number of rotatable bonds is 3. The smallest absolute Gasteiger partial charge is 0.159 e. The molecule has 0 saturated carbocycles. The van der Waals surface area contributed by atoms with Gasteiger partial charge in [-0.15, -0.1) is 0 Å². The summed E-state index contributed by atoms with van der Waals surface area (Å²) in [5, 5.41) is 8.64. The number of fused-ring (bicyclic) bond motifs is 2. The molecule has 0 amide bonds. The fraction of sp³-hybridized carbons (Fsp3) is 0.120. The lowest BCUT2D eigenvalue weighted by Crippen LogP contribution is -1.91. The molecule has 0 atom stereocenters. The Balaban J connectivity index is 1.52. The third-order valence-electron chi connectivity index (χ3n) is 5.82. The minimum atomic E-state index is 0.716. The Kier molecular flexibility index (Phi) is 3.98. The molecule has 0 radical (unpaired) electrons. The van der Waals surface area contributed by atoms with Crippen molar-refractivity contribution in [2.24, 2.45) is 0 Å². The molecule has 0 bridgehead atoms. The van der Waals surface area contributed by atoms with Crippen LogP contribution in [0.2, 0.25) is 0 Å². The topological polar surface area (TPSA) is 88.1 Å². The molecule has 32 heavy (non-hydrogen) atoms. The minimum Gasteiger partial charge on any atom is -0.336 e. The van der Waals surface area contributed by atoms with Gasteiger partial charge in [0.05, 0.1) is 40.6 Å². The van der Waals surface area contributed by atoms with E-state index in [1.807, 2.05) is 48.4 Å². The first-order chi connectivity index (χ1) is 15.6. The van der Waals surface area contributed by atoms with Gasteiger partial charge in [-0.1, -0.05) is 23.8 Å². The summed E-state index contributed by atoms with van der Waals surface area (Å²) in [6, 6.07) is 14.6. The highest BCUT2D eigenvalue weighted by molar-refractivity contribution is 5.95. The summed E-state index contributed by atoms with van der Waals surface area (Å²) in [5.41, 5.74) is 9.86. The van der Waals surface area contributed by atoms with E-state index in [2.05, 4.69) is 63.3 Å². The first kappa shape index (κ1) is 18.5. The number of nitrogens with one attached hydrogen (secondary N) is 2. The fourth-order valence-corrected chi connectivity index (χ4v) is 4.15. The predicted molar refractivity (Wildman–Crippen MR) is 126 cm³/mol. The van der Waals surface area contributed by atoms with Gasteiger partial charge in [0.25, 0.3) is 0 Å². The number of nitrogens with zero attached hydrogens (tertiary/aromatic N) is 5. The molecular formula is C25H21N7. The average molecular weight is 419 g/mol. The van der Waals surface area contributed by atoms with Crippen molar-refractivity contribution in [3.63, 3.8) is 0 Å². The van der Waals surface area contributed by atoms with Gasteiger partial charge in [-0.25, -0.2) is 9.97 Å². The minimum absolute atomic E-state index is 0.716. The lowest BCUT2D eigenvalue weighted by atomic mass is 10.0. The lowest BCUT2D eigenvalue weighted by molar-refractivity contribution is 1.06. The number of benzene rings is 2. The largest absolute Gasteiger partial charge is 0.336 e. The fourth-order valence-electron chi connectivity index (χ4n) is 4.15. The van der Waals surface area contributed by atoms with Gasteiger partial charge in [-0.2, -0.15) is 5.10 Å². The van der Waals surface area contributed by atoms with Crippen LogP contribution in [0, 0.1) is 20.8 Å². The standard InChI is InChI=1S/C25H21N7/c1-14-7-8-15(2)17(9-14)20-10-18-21(11-26-20)30-31-23(18)25-28-19-5-4-6-22(24(19)29-25)32-12-16(3)27-13-32/h4-13H,1-3H3,(H,28,29)(H,30,31). The molecule has 0 aliphatic rings. The van der Waals surface area contributed by atoms with Gasteiger partial charge in [0.1, 0.15) is 11.2 Å². The maximum Gasteiger partial charge on any atom is 0.159 e. The van der Waals surface area contributed by atoms with Gasteiger partial charge < -0.3 is 9.55 Å². The normalized spacial score (nSPS) is 11.6. The zero-order chi connectivity index (χ0) is 21.8. The van der Waals surface area contributed by atoms with Crippen LogP contribution in [0.4, 0.5) is 0 Å². The maximum atomic E-state index is 4.92. The molecule has 2 aromatic carbocycles. The second kappa shape index (κ2) is 6.88. The van der Waals surface area contributed by atoms with Crippen molar-refractivity contribution in [3.05, 3.63) is 78.0 Å². The number of imidazole rings is 2. The van der Waals surface area contributed by atoms with Crippen molar-refractivity contribution in [1.29, 1.82) is 0 Å². The number of hydrogen-bond acceptors (Lipinski definition) is 4. The quantitative estimate of drug-likeness (QED) is 0.408. The van der Waals surface area contributed by atoms with E-state index in [9.17, 15) is 0 Å². The molecule has 0 aliphatic carbocycles. The second-order valence-electron chi connectivity index (χ2n) is 8.19. The monoisotopic (exact) mass is 419 g/mol. The molecule has 0 unspecified atom stereocenters. The summed E-state index contributed by atoms with van der Waals surface area (Å²) in [5.74, 6) is 0.716. The van der Waals surface area contributed by atoms with Crippen molar-refractivity contribution in [3.8, 4) is 28.5 Å². The number of pyridine rings is 1. The van der Waals surface area contributed by atoms with Gasteiger partial charge in [0, 0.05) is 17.1 Å². The van der Waals surface area contributed by atoms with E-state index >= 15 is 0 Å². The van der Waals surface area contributed by atoms with E-state index in [1.54, 1.807) is 0 Å². The maximum absolute atomic E-state index is 4.92. The lowest BCUT2D eigenvalue weighted by Gasteiger charge is -2.06. The van der Waals surface area contributed by atoms with Crippen molar-refractivity contribution < 1.29 is 0 Å². The molecule has 0 saturated heterocycles. The zero-order valence-electron chi connectivity index (χ0n) is 18.0. The Bertz CT molecular complexity index is 1620. The van der Waals surface area contributed by atoms with Crippen molar-refractivity contribution in [2.45, 2.75) is 20.8 Å². The van der Waals surface area contributed by atoms with Gasteiger partial charge in [0.2, 0.25) is 0 Å². The highest BCUT2D eigenvalue weighted by Crippen LogP contribution is 2.31. The van der Waals surface area contributed by atoms with Crippen LogP contribution in [-0.2, 0) is 0 Å².